The number of pyridine rings is 1. The number of aromatic nitrogens is 1. The second-order valence-corrected chi connectivity index (χ2v) is 4.11. The molecule has 0 atom stereocenters. The number of hydrogen-bond donors (Lipinski definition) is 0. The van der Waals surface area contributed by atoms with E-state index >= 15 is 0 Å². The lowest BCUT2D eigenvalue weighted by Gasteiger charge is -2.14. The van der Waals surface area contributed by atoms with E-state index in [-0.39, 0.29) is 17.3 Å². The topological polar surface area (TPSA) is 22.1 Å². The smallest absolute Gasteiger partial charge is 0.403 e. The van der Waals surface area contributed by atoms with E-state index in [9.17, 15) is 13.2 Å². The quantitative estimate of drug-likeness (QED) is 0.600. The van der Waals surface area contributed by atoms with Crippen molar-refractivity contribution in [1.29, 1.82) is 0 Å². The molecule has 0 spiro atoms. The SMILES string of the molecule is Cc1ncc(I)c(CCl)c1OC(F)(F)F. The van der Waals surface area contributed by atoms with E-state index < -0.39 is 6.36 Å². The van der Waals surface area contributed by atoms with Crippen LogP contribution in [-0.4, -0.2) is 11.3 Å². The second-order valence-electron chi connectivity index (χ2n) is 2.68. The lowest BCUT2D eigenvalue weighted by molar-refractivity contribution is -0.275. The van der Waals surface area contributed by atoms with Gasteiger partial charge in [-0.3, -0.25) is 4.98 Å². The van der Waals surface area contributed by atoms with Crippen molar-refractivity contribution in [2.75, 3.05) is 0 Å². The van der Waals surface area contributed by atoms with Gasteiger partial charge in [-0.25, -0.2) is 0 Å². The fourth-order valence-corrected chi connectivity index (χ4v) is 2.06. The average molecular weight is 351 g/mol. The van der Waals surface area contributed by atoms with Crippen LogP contribution in [0.5, 0.6) is 5.75 Å². The van der Waals surface area contributed by atoms with Crippen LogP contribution in [0, 0.1) is 10.5 Å². The molecule has 0 amide bonds. The van der Waals surface area contributed by atoms with Crippen LogP contribution in [0.3, 0.4) is 0 Å². The predicted octanol–water partition coefficient (Wildman–Crippen LogP) is 3.63. The van der Waals surface area contributed by atoms with Crippen molar-refractivity contribution in [2.24, 2.45) is 0 Å². The zero-order valence-electron chi connectivity index (χ0n) is 7.53. The largest absolute Gasteiger partial charge is 0.573 e. The molecule has 1 aromatic heterocycles. The summed E-state index contributed by atoms with van der Waals surface area (Å²) < 4.78 is 40.7. The van der Waals surface area contributed by atoms with E-state index in [4.69, 9.17) is 11.6 Å². The summed E-state index contributed by atoms with van der Waals surface area (Å²) in [7, 11) is 0. The fourth-order valence-electron chi connectivity index (χ4n) is 0.993. The van der Waals surface area contributed by atoms with Gasteiger partial charge in [-0.05, 0) is 29.5 Å². The van der Waals surface area contributed by atoms with Crippen LogP contribution >= 0.6 is 34.2 Å². The Balaban J connectivity index is 3.20. The van der Waals surface area contributed by atoms with Crippen LogP contribution in [0.15, 0.2) is 6.20 Å². The Kier molecular flexibility index (Phi) is 4.05. The van der Waals surface area contributed by atoms with Crippen molar-refractivity contribution >= 4 is 34.2 Å². The summed E-state index contributed by atoms with van der Waals surface area (Å²) in [5.41, 5.74) is 0.477. The van der Waals surface area contributed by atoms with Gasteiger partial charge in [0.2, 0.25) is 0 Å². The summed E-state index contributed by atoms with van der Waals surface area (Å²) in [6, 6.07) is 0. The summed E-state index contributed by atoms with van der Waals surface area (Å²) in [6.45, 7) is 1.44. The van der Waals surface area contributed by atoms with Crippen molar-refractivity contribution in [3.05, 3.63) is 21.0 Å². The Bertz CT molecular complexity index is 370. The highest BCUT2D eigenvalue weighted by Crippen LogP contribution is 2.32. The average Bonchev–Trinajstić information content (AvgIpc) is 2.10. The standard InChI is InChI=1S/C8H6ClF3INO/c1-4-7(15-8(10,11)12)5(2-9)6(13)3-14-4/h3H,2H2,1H3. The molecule has 1 heterocycles. The maximum atomic E-state index is 12.1. The highest BCUT2D eigenvalue weighted by atomic mass is 127. The van der Waals surface area contributed by atoms with E-state index in [1.807, 2.05) is 22.6 Å². The van der Waals surface area contributed by atoms with Crippen molar-refractivity contribution in [1.82, 2.24) is 4.98 Å². The number of aryl methyl sites for hydroxylation is 1. The first-order chi connectivity index (χ1) is 6.85. The van der Waals surface area contributed by atoms with E-state index in [1.54, 1.807) is 0 Å². The van der Waals surface area contributed by atoms with Crippen LogP contribution in [0.1, 0.15) is 11.3 Å². The minimum Gasteiger partial charge on any atom is -0.403 e. The lowest BCUT2D eigenvalue weighted by atomic mass is 10.2. The van der Waals surface area contributed by atoms with Crippen molar-refractivity contribution < 1.29 is 17.9 Å². The van der Waals surface area contributed by atoms with E-state index in [1.165, 1.54) is 13.1 Å². The maximum absolute atomic E-state index is 12.1. The highest BCUT2D eigenvalue weighted by Gasteiger charge is 2.33. The molecule has 0 bridgehead atoms. The number of halogens is 5. The molecule has 0 aliphatic rings. The summed E-state index contributed by atoms with van der Waals surface area (Å²) in [5.74, 6) is -0.350. The van der Waals surface area contributed by atoms with Crippen molar-refractivity contribution in [3.8, 4) is 5.75 Å². The molecule has 15 heavy (non-hydrogen) atoms. The van der Waals surface area contributed by atoms with Gasteiger partial charge in [-0.1, -0.05) is 0 Å². The molecule has 0 saturated heterocycles. The monoisotopic (exact) mass is 351 g/mol. The molecule has 1 aromatic rings. The minimum atomic E-state index is -4.72. The third kappa shape index (κ3) is 3.37. The molecule has 0 fully saturated rings. The van der Waals surface area contributed by atoms with Crippen LogP contribution in [0.2, 0.25) is 0 Å². The van der Waals surface area contributed by atoms with Crippen molar-refractivity contribution in [3.63, 3.8) is 0 Å². The zero-order valence-corrected chi connectivity index (χ0v) is 10.4. The number of hydrogen-bond acceptors (Lipinski definition) is 2. The Morgan fingerprint density at radius 3 is 2.60 bits per heavy atom. The molecule has 1 rings (SSSR count). The number of nitrogens with zero attached hydrogens (tertiary/aromatic N) is 1. The minimum absolute atomic E-state index is 0.0486. The first kappa shape index (κ1) is 12.8. The van der Waals surface area contributed by atoms with Gasteiger partial charge in [0.15, 0.2) is 5.75 Å². The molecule has 0 N–H and O–H groups in total. The molecule has 0 aliphatic heterocycles. The van der Waals surface area contributed by atoms with Gasteiger partial charge in [-0.2, -0.15) is 0 Å². The predicted molar refractivity (Wildman–Crippen MR) is 57.9 cm³/mol. The fraction of sp³-hybridized carbons (Fsp3) is 0.375. The van der Waals surface area contributed by atoms with Crippen LogP contribution in [0.25, 0.3) is 0 Å². The molecule has 0 aliphatic carbocycles. The first-order valence-electron chi connectivity index (χ1n) is 3.81. The van der Waals surface area contributed by atoms with Gasteiger partial charge < -0.3 is 4.74 Å². The number of rotatable bonds is 2. The molecular formula is C8H6ClF3INO. The van der Waals surface area contributed by atoms with Gasteiger partial charge in [0, 0.05) is 15.3 Å². The molecule has 7 heteroatoms. The van der Waals surface area contributed by atoms with Gasteiger partial charge in [0.25, 0.3) is 0 Å². The Labute approximate surface area is 103 Å². The third-order valence-corrected chi connectivity index (χ3v) is 2.81. The molecule has 0 aromatic carbocycles. The number of ether oxygens (including phenoxy) is 1. The Morgan fingerprint density at radius 2 is 2.13 bits per heavy atom. The molecule has 84 valence electrons. The Morgan fingerprint density at radius 1 is 1.53 bits per heavy atom. The molecule has 0 unspecified atom stereocenters. The first-order valence-corrected chi connectivity index (χ1v) is 5.42. The maximum Gasteiger partial charge on any atom is 0.573 e. The van der Waals surface area contributed by atoms with Crippen LogP contribution < -0.4 is 4.74 Å². The van der Waals surface area contributed by atoms with E-state index in [2.05, 4.69) is 9.72 Å². The molecule has 0 radical (unpaired) electrons. The summed E-state index contributed by atoms with van der Waals surface area (Å²) >= 11 is 7.42. The van der Waals surface area contributed by atoms with Crippen molar-refractivity contribution in [2.45, 2.75) is 19.2 Å². The van der Waals surface area contributed by atoms with Crippen LogP contribution in [0.4, 0.5) is 13.2 Å². The van der Waals surface area contributed by atoms with Gasteiger partial charge in [-0.15, -0.1) is 24.8 Å². The summed E-state index contributed by atoms with van der Waals surface area (Å²) in [5, 5.41) is 0. The third-order valence-electron chi connectivity index (χ3n) is 1.61. The normalized spacial score (nSPS) is 11.6. The molecule has 2 nitrogen and oxygen atoms in total. The molecule has 0 saturated carbocycles. The lowest BCUT2D eigenvalue weighted by Crippen LogP contribution is -2.19. The second kappa shape index (κ2) is 4.73. The van der Waals surface area contributed by atoms with E-state index in [0.29, 0.717) is 9.13 Å². The summed E-state index contributed by atoms with van der Waals surface area (Å²) in [6.07, 6.45) is -3.27. The van der Waals surface area contributed by atoms with Gasteiger partial charge in [0.1, 0.15) is 0 Å². The Hall–Kier alpha value is -0.240. The van der Waals surface area contributed by atoms with Gasteiger partial charge in [0.05, 0.1) is 11.6 Å². The van der Waals surface area contributed by atoms with Crippen LogP contribution in [-0.2, 0) is 5.88 Å². The molecular weight excluding hydrogens is 345 g/mol. The van der Waals surface area contributed by atoms with E-state index in [0.717, 1.165) is 0 Å². The zero-order chi connectivity index (χ0) is 11.6. The highest BCUT2D eigenvalue weighted by molar-refractivity contribution is 14.1. The summed E-state index contributed by atoms with van der Waals surface area (Å²) in [4.78, 5) is 3.78. The number of alkyl halides is 4. The van der Waals surface area contributed by atoms with Gasteiger partial charge >= 0.3 is 6.36 Å².